The van der Waals surface area contributed by atoms with Crippen molar-refractivity contribution in [3.8, 4) is 5.75 Å². The number of nitrogens with zero attached hydrogens (tertiary/aromatic N) is 1. The summed E-state index contributed by atoms with van der Waals surface area (Å²) in [6, 6.07) is 23.9. The van der Waals surface area contributed by atoms with E-state index < -0.39 is 32.5 Å². The third-order valence-corrected chi connectivity index (χ3v) is 9.65. The fourth-order valence-electron chi connectivity index (χ4n) is 4.24. The molecule has 4 aromatic carbocycles. The van der Waals surface area contributed by atoms with Gasteiger partial charge in [0.1, 0.15) is 12.3 Å². The normalized spacial score (nSPS) is 11.5. The third-order valence-electron chi connectivity index (χ3n) is 6.50. The summed E-state index contributed by atoms with van der Waals surface area (Å²) in [7, 11) is -7.98. The first-order chi connectivity index (χ1) is 19.9. The van der Waals surface area contributed by atoms with E-state index in [4.69, 9.17) is 4.74 Å². The molecule has 2 N–H and O–H groups in total. The Kier molecular flexibility index (Phi) is 9.23. The molecule has 0 bridgehead atoms. The number of carbonyl (C=O) groups is 1. The van der Waals surface area contributed by atoms with Crippen LogP contribution in [0.3, 0.4) is 0 Å². The van der Waals surface area contributed by atoms with Gasteiger partial charge in [-0.25, -0.2) is 16.8 Å². The van der Waals surface area contributed by atoms with Gasteiger partial charge in [0.2, 0.25) is 5.91 Å². The van der Waals surface area contributed by atoms with Crippen LogP contribution in [0.15, 0.2) is 101 Å². The highest BCUT2D eigenvalue weighted by Crippen LogP contribution is 2.27. The Hall–Kier alpha value is -4.35. The topological polar surface area (TPSA) is 122 Å². The molecule has 0 unspecified atom stereocenters. The van der Waals surface area contributed by atoms with Gasteiger partial charge in [0.05, 0.1) is 27.8 Å². The minimum Gasteiger partial charge on any atom is -0.494 e. The molecule has 0 aromatic heterocycles. The molecule has 0 fully saturated rings. The number of nitrogens with one attached hydrogen (secondary N) is 2. The number of rotatable bonds is 11. The lowest BCUT2D eigenvalue weighted by Gasteiger charge is -2.24. The van der Waals surface area contributed by atoms with Crippen molar-refractivity contribution in [1.29, 1.82) is 0 Å². The van der Waals surface area contributed by atoms with E-state index >= 15 is 0 Å². The number of carbonyl (C=O) groups excluding carboxylic acids is 1. The summed E-state index contributed by atoms with van der Waals surface area (Å²) in [4.78, 5) is 13.2. The van der Waals surface area contributed by atoms with Crippen molar-refractivity contribution < 1.29 is 26.4 Å². The maximum atomic E-state index is 13.6. The van der Waals surface area contributed by atoms with Crippen LogP contribution in [0, 0.1) is 20.8 Å². The highest BCUT2D eigenvalue weighted by atomic mass is 32.2. The van der Waals surface area contributed by atoms with Gasteiger partial charge in [0.25, 0.3) is 20.0 Å². The first-order valence-corrected chi connectivity index (χ1v) is 16.1. The number of aryl methyl sites for hydroxylation is 3. The Balaban J connectivity index is 1.54. The van der Waals surface area contributed by atoms with Crippen molar-refractivity contribution in [3.05, 3.63) is 108 Å². The molecule has 0 radical (unpaired) electrons. The van der Waals surface area contributed by atoms with Gasteiger partial charge in [-0.15, -0.1) is 0 Å². The van der Waals surface area contributed by atoms with Crippen LogP contribution in [0.1, 0.15) is 23.6 Å². The number of ether oxygens (including phenoxy) is 1. The zero-order valence-corrected chi connectivity index (χ0v) is 25.4. The molecule has 4 aromatic rings. The van der Waals surface area contributed by atoms with Crippen molar-refractivity contribution in [2.24, 2.45) is 0 Å². The largest absolute Gasteiger partial charge is 0.494 e. The molecule has 220 valence electrons. The number of para-hydroxylation sites is 1. The van der Waals surface area contributed by atoms with Crippen molar-refractivity contribution >= 4 is 43.0 Å². The van der Waals surface area contributed by atoms with Crippen molar-refractivity contribution in [3.63, 3.8) is 0 Å². The summed E-state index contributed by atoms with van der Waals surface area (Å²) in [5.41, 5.74) is 3.59. The number of sulfonamides is 2. The van der Waals surface area contributed by atoms with E-state index in [-0.39, 0.29) is 15.5 Å². The molecule has 0 aliphatic heterocycles. The summed E-state index contributed by atoms with van der Waals surface area (Å²) in [6.07, 6.45) is 0. The van der Waals surface area contributed by atoms with Crippen LogP contribution in [0.5, 0.6) is 5.75 Å². The second kappa shape index (κ2) is 12.7. The van der Waals surface area contributed by atoms with Gasteiger partial charge < -0.3 is 10.1 Å². The molecule has 0 aliphatic carbocycles. The summed E-state index contributed by atoms with van der Waals surface area (Å²) in [6.45, 7) is 7.27. The predicted molar refractivity (Wildman–Crippen MR) is 165 cm³/mol. The zero-order valence-electron chi connectivity index (χ0n) is 23.8. The molecule has 1 amide bonds. The van der Waals surface area contributed by atoms with Crippen molar-refractivity contribution in [2.75, 3.05) is 27.5 Å². The van der Waals surface area contributed by atoms with Crippen LogP contribution in [0.2, 0.25) is 0 Å². The SMILES string of the molecule is CCOc1ccc(N(CC(=O)Nc2ccc(S(=O)(=O)Nc3c(C)cccc3C)cc2)S(=O)(=O)c2ccc(C)cc2)cc1. The van der Waals surface area contributed by atoms with Crippen LogP contribution in [-0.4, -0.2) is 35.9 Å². The van der Waals surface area contributed by atoms with Crippen LogP contribution >= 0.6 is 0 Å². The van der Waals surface area contributed by atoms with Crippen LogP contribution in [0.25, 0.3) is 0 Å². The van der Waals surface area contributed by atoms with Gasteiger partial charge in [-0.05, 0) is 99.5 Å². The van der Waals surface area contributed by atoms with Gasteiger partial charge in [0, 0.05) is 5.69 Å². The molecule has 0 saturated carbocycles. The number of amides is 1. The second-order valence-corrected chi connectivity index (χ2v) is 13.2. The summed E-state index contributed by atoms with van der Waals surface area (Å²) in [5.74, 6) is -0.0376. The standard InChI is InChI=1S/C31H33N3O6S2/c1-5-40-27-15-13-26(14-16-27)34(42(38,39)29-17-9-22(2)10-18-29)21-30(35)32-25-11-19-28(20-12-25)41(36,37)33-31-23(3)7-6-8-24(31)4/h6-20,33H,5,21H2,1-4H3,(H,32,35). The average molecular weight is 608 g/mol. The monoisotopic (exact) mass is 607 g/mol. The average Bonchev–Trinajstić information content (AvgIpc) is 2.95. The molecule has 4 rings (SSSR count). The second-order valence-electron chi connectivity index (χ2n) is 9.70. The summed E-state index contributed by atoms with van der Waals surface area (Å²) < 4.78 is 62.4. The van der Waals surface area contributed by atoms with Crippen LogP contribution in [-0.2, 0) is 24.8 Å². The maximum Gasteiger partial charge on any atom is 0.264 e. The van der Waals surface area contributed by atoms with Crippen LogP contribution < -0.4 is 19.1 Å². The third kappa shape index (κ3) is 7.10. The van der Waals surface area contributed by atoms with Crippen LogP contribution in [0.4, 0.5) is 17.1 Å². The summed E-state index contributed by atoms with van der Waals surface area (Å²) >= 11 is 0. The molecule has 0 spiro atoms. The number of benzene rings is 4. The zero-order chi connectivity index (χ0) is 30.5. The molecule has 0 saturated heterocycles. The van der Waals surface area contributed by atoms with E-state index in [1.165, 1.54) is 36.4 Å². The molecule has 11 heteroatoms. The van der Waals surface area contributed by atoms with Crippen molar-refractivity contribution in [2.45, 2.75) is 37.5 Å². The maximum absolute atomic E-state index is 13.6. The first-order valence-electron chi connectivity index (χ1n) is 13.2. The quantitative estimate of drug-likeness (QED) is 0.227. The summed E-state index contributed by atoms with van der Waals surface area (Å²) in [5, 5.41) is 2.67. The smallest absolute Gasteiger partial charge is 0.264 e. The molecule has 42 heavy (non-hydrogen) atoms. The molecular weight excluding hydrogens is 574 g/mol. The Morgan fingerprint density at radius 1 is 0.762 bits per heavy atom. The predicted octanol–water partition coefficient (Wildman–Crippen LogP) is 5.65. The molecule has 0 heterocycles. The lowest BCUT2D eigenvalue weighted by molar-refractivity contribution is -0.114. The van der Waals surface area contributed by atoms with E-state index in [0.717, 1.165) is 21.0 Å². The van der Waals surface area contributed by atoms with E-state index in [1.807, 2.05) is 45.9 Å². The fourth-order valence-corrected chi connectivity index (χ4v) is 6.87. The van der Waals surface area contributed by atoms with E-state index in [1.54, 1.807) is 36.4 Å². The van der Waals surface area contributed by atoms with E-state index in [2.05, 4.69) is 10.0 Å². The highest BCUT2D eigenvalue weighted by Gasteiger charge is 2.27. The van der Waals surface area contributed by atoms with Gasteiger partial charge in [-0.1, -0.05) is 35.9 Å². The van der Waals surface area contributed by atoms with Crippen molar-refractivity contribution in [1.82, 2.24) is 0 Å². The molecular formula is C31H33N3O6S2. The molecule has 0 atom stereocenters. The minimum absolute atomic E-state index is 0.0149. The Morgan fingerprint density at radius 3 is 1.90 bits per heavy atom. The van der Waals surface area contributed by atoms with Gasteiger partial charge in [0.15, 0.2) is 0 Å². The van der Waals surface area contributed by atoms with E-state index in [0.29, 0.717) is 23.7 Å². The molecule has 0 aliphatic rings. The fraction of sp³-hybridized carbons (Fsp3) is 0.194. The number of hydrogen-bond donors (Lipinski definition) is 2. The van der Waals surface area contributed by atoms with Gasteiger partial charge in [-0.3, -0.25) is 13.8 Å². The highest BCUT2D eigenvalue weighted by molar-refractivity contribution is 7.93. The minimum atomic E-state index is -4.10. The lowest BCUT2D eigenvalue weighted by Crippen LogP contribution is -2.38. The van der Waals surface area contributed by atoms with Gasteiger partial charge in [-0.2, -0.15) is 0 Å². The number of anilines is 3. The Bertz CT molecular complexity index is 1750. The first kappa shape index (κ1) is 30.6. The Labute approximate surface area is 247 Å². The van der Waals surface area contributed by atoms with E-state index in [9.17, 15) is 21.6 Å². The lowest BCUT2D eigenvalue weighted by atomic mass is 10.1. The Morgan fingerprint density at radius 2 is 1.33 bits per heavy atom. The molecule has 9 nitrogen and oxygen atoms in total. The number of hydrogen-bond acceptors (Lipinski definition) is 6. The van der Waals surface area contributed by atoms with Gasteiger partial charge >= 0.3 is 0 Å².